The van der Waals surface area contributed by atoms with Crippen molar-refractivity contribution in [2.24, 2.45) is 0 Å². The number of benzene rings is 1. The highest BCUT2D eigenvalue weighted by Crippen LogP contribution is 2.39. The summed E-state index contributed by atoms with van der Waals surface area (Å²) in [6.45, 7) is 4.93. The topological polar surface area (TPSA) is 124 Å². The van der Waals surface area contributed by atoms with E-state index in [9.17, 15) is 14.4 Å². The molecule has 2 aliphatic heterocycles. The predicted molar refractivity (Wildman–Crippen MR) is 172 cm³/mol. The van der Waals surface area contributed by atoms with Gasteiger partial charge in [0.2, 0.25) is 5.91 Å². The number of hydrogen-bond donors (Lipinski definition) is 2. The number of nitrogens with one attached hydrogen (secondary N) is 2. The first-order valence-corrected chi connectivity index (χ1v) is 16.5. The number of hydrogen-bond acceptors (Lipinski definition) is 8. The Morgan fingerprint density at radius 3 is 2.60 bits per heavy atom. The van der Waals surface area contributed by atoms with Crippen molar-refractivity contribution < 1.29 is 18.8 Å². The molecule has 226 valence electrons. The molecule has 43 heavy (non-hydrogen) atoms. The number of nitrogens with zero attached hydrogens (tertiary/aromatic N) is 5. The molecule has 0 unspecified atom stereocenters. The molecule has 0 radical (unpaired) electrons. The highest BCUT2D eigenvalue weighted by molar-refractivity contribution is 14.1. The largest absolute Gasteiger partial charge is 0.448 e. The number of alkyl halides is 1. The van der Waals surface area contributed by atoms with Gasteiger partial charge in [0, 0.05) is 79.9 Å². The molecule has 3 aliphatic rings. The van der Waals surface area contributed by atoms with E-state index in [1.165, 1.54) is 11.8 Å². The maximum absolute atomic E-state index is 13.3. The summed E-state index contributed by atoms with van der Waals surface area (Å²) < 4.78 is 6.43. The average Bonchev–Trinajstić information content (AvgIpc) is 3.62. The van der Waals surface area contributed by atoms with E-state index < -0.39 is 0 Å². The minimum absolute atomic E-state index is 0.185. The quantitative estimate of drug-likeness (QED) is 0.174. The predicted octanol–water partition coefficient (Wildman–Crippen LogP) is 4.20. The second-order valence-electron chi connectivity index (χ2n) is 11.2. The monoisotopic (exact) mass is 697 g/mol. The maximum Gasteiger partial charge on any atom is 0.277 e. The zero-order valence-electron chi connectivity index (χ0n) is 24.1. The highest BCUT2D eigenvalue weighted by atomic mass is 127. The first-order valence-electron chi connectivity index (χ1n) is 15.0. The maximum atomic E-state index is 13.3. The molecule has 3 aromatic rings. The van der Waals surface area contributed by atoms with Crippen molar-refractivity contribution in [1.29, 1.82) is 0 Å². The van der Waals surface area contributed by atoms with Crippen LogP contribution in [0.25, 0.3) is 0 Å². The van der Waals surface area contributed by atoms with Crippen LogP contribution >= 0.6 is 22.6 Å². The lowest BCUT2D eigenvalue weighted by Gasteiger charge is -2.38. The van der Waals surface area contributed by atoms with Crippen LogP contribution in [0.1, 0.15) is 70.3 Å². The molecule has 4 heterocycles. The summed E-state index contributed by atoms with van der Waals surface area (Å²) in [7, 11) is 0. The van der Waals surface area contributed by atoms with E-state index in [-0.39, 0.29) is 23.4 Å². The fourth-order valence-corrected chi connectivity index (χ4v) is 6.24. The summed E-state index contributed by atoms with van der Waals surface area (Å²) in [5.74, 6) is 1.51. The van der Waals surface area contributed by atoms with Crippen molar-refractivity contribution in [3.63, 3.8) is 0 Å². The summed E-state index contributed by atoms with van der Waals surface area (Å²) in [5.41, 5.74) is 3.29. The standard InChI is InChI=1S/C31H36IN7O4/c32-19-23-4-1-10-33-28(23)39-16-14-37(15-17-39)26-9-8-22(29(41)34-11-3-13-38-12-2-5-27(38)40)18-24(26)35-30(42)25-20-43-31(36-25)21-6-7-21/h1,4,8-10,18,20-21H,2-3,5-7,11-17,19H2,(H,34,41)(H,35,42). The summed E-state index contributed by atoms with van der Waals surface area (Å²) in [4.78, 5) is 53.6. The van der Waals surface area contributed by atoms with Crippen LogP contribution in [0.2, 0.25) is 0 Å². The van der Waals surface area contributed by atoms with Gasteiger partial charge >= 0.3 is 0 Å². The number of anilines is 3. The van der Waals surface area contributed by atoms with Gasteiger partial charge in [-0.15, -0.1) is 0 Å². The van der Waals surface area contributed by atoms with E-state index in [0.717, 1.165) is 67.9 Å². The molecule has 1 aliphatic carbocycles. The van der Waals surface area contributed by atoms with Crippen LogP contribution < -0.4 is 20.4 Å². The van der Waals surface area contributed by atoms with E-state index in [4.69, 9.17) is 4.42 Å². The highest BCUT2D eigenvalue weighted by Gasteiger charge is 2.30. The van der Waals surface area contributed by atoms with Crippen LogP contribution in [0.4, 0.5) is 17.2 Å². The number of carbonyl (C=O) groups is 3. The van der Waals surface area contributed by atoms with Gasteiger partial charge in [-0.05, 0) is 49.9 Å². The van der Waals surface area contributed by atoms with Crippen LogP contribution in [0, 0.1) is 0 Å². The number of likely N-dealkylation sites (tertiary alicyclic amines) is 1. The van der Waals surface area contributed by atoms with Crippen molar-refractivity contribution in [1.82, 2.24) is 20.2 Å². The molecule has 12 heteroatoms. The zero-order valence-corrected chi connectivity index (χ0v) is 26.2. The van der Waals surface area contributed by atoms with Gasteiger partial charge in [-0.2, -0.15) is 0 Å². The van der Waals surface area contributed by atoms with Crippen molar-refractivity contribution >= 4 is 57.5 Å². The van der Waals surface area contributed by atoms with E-state index in [2.05, 4.69) is 59.1 Å². The Kier molecular flexibility index (Phi) is 9.10. The first-order chi connectivity index (χ1) is 21.0. The SMILES string of the molecule is O=C(NCCCN1CCCC1=O)c1ccc(N2CCN(c3ncccc3CI)CC2)c(NC(=O)c2coc(C3CC3)n2)c1. The van der Waals surface area contributed by atoms with Crippen molar-refractivity contribution in [2.75, 3.05) is 60.9 Å². The van der Waals surface area contributed by atoms with Crippen LogP contribution in [-0.4, -0.2) is 78.4 Å². The number of pyridine rings is 1. The lowest BCUT2D eigenvalue weighted by Crippen LogP contribution is -2.47. The minimum Gasteiger partial charge on any atom is -0.448 e. The molecule has 3 fully saturated rings. The number of rotatable bonds is 11. The molecule has 2 N–H and O–H groups in total. The molecule has 1 saturated carbocycles. The Labute approximate surface area is 264 Å². The summed E-state index contributed by atoms with van der Waals surface area (Å²) >= 11 is 2.37. The third kappa shape index (κ3) is 6.94. The molecule has 2 aromatic heterocycles. The molecule has 6 rings (SSSR count). The number of halogens is 1. The van der Waals surface area contributed by atoms with E-state index >= 15 is 0 Å². The van der Waals surface area contributed by atoms with E-state index in [0.29, 0.717) is 49.0 Å². The number of amides is 3. The number of aromatic nitrogens is 2. The van der Waals surface area contributed by atoms with Gasteiger partial charge in [0.05, 0.1) is 11.4 Å². The lowest BCUT2D eigenvalue weighted by atomic mass is 10.1. The van der Waals surface area contributed by atoms with Crippen LogP contribution in [-0.2, 0) is 9.22 Å². The van der Waals surface area contributed by atoms with Crippen LogP contribution in [0.15, 0.2) is 47.2 Å². The van der Waals surface area contributed by atoms with Crippen LogP contribution in [0.3, 0.4) is 0 Å². The van der Waals surface area contributed by atoms with Gasteiger partial charge in [-0.3, -0.25) is 14.4 Å². The summed E-state index contributed by atoms with van der Waals surface area (Å²) in [6.07, 6.45) is 7.50. The Hall–Kier alpha value is -3.68. The van der Waals surface area contributed by atoms with Gasteiger partial charge in [0.15, 0.2) is 11.6 Å². The molecular weight excluding hydrogens is 661 g/mol. The first kappa shape index (κ1) is 29.4. The zero-order chi connectivity index (χ0) is 29.8. The van der Waals surface area contributed by atoms with Crippen molar-refractivity contribution in [2.45, 2.75) is 42.4 Å². The second-order valence-corrected chi connectivity index (χ2v) is 12.0. The molecule has 3 amide bonds. The van der Waals surface area contributed by atoms with E-state index in [1.807, 2.05) is 23.2 Å². The van der Waals surface area contributed by atoms with Crippen molar-refractivity contribution in [3.8, 4) is 0 Å². The molecule has 0 spiro atoms. The Balaban J connectivity index is 1.15. The molecule has 1 aromatic carbocycles. The average molecular weight is 698 g/mol. The summed E-state index contributed by atoms with van der Waals surface area (Å²) in [5, 5.41) is 5.97. The Bertz CT molecular complexity index is 1480. The molecule has 0 atom stereocenters. The fraction of sp³-hybridized carbons (Fsp3) is 0.452. The number of piperazine rings is 1. The van der Waals surface area contributed by atoms with Crippen molar-refractivity contribution in [3.05, 3.63) is 65.5 Å². The normalized spacial score (nSPS) is 17.0. The van der Waals surface area contributed by atoms with Crippen LogP contribution in [0.5, 0.6) is 0 Å². The lowest BCUT2D eigenvalue weighted by molar-refractivity contribution is -0.127. The molecule has 11 nitrogen and oxygen atoms in total. The Morgan fingerprint density at radius 2 is 1.86 bits per heavy atom. The molecule has 2 saturated heterocycles. The summed E-state index contributed by atoms with van der Waals surface area (Å²) in [6, 6.07) is 9.51. The minimum atomic E-state index is -0.372. The Morgan fingerprint density at radius 1 is 1.05 bits per heavy atom. The number of oxazole rings is 1. The molecule has 0 bridgehead atoms. The van der Waals surface area contributed by atoms with Gasteiger partial charge in [0.1, 0.15) is 12.1 Å². The second kappa shape index (κ2) is 13.3. The van der Waals surface area contributed by atoms with E-state index in [1.54, 1.807) is 12.1 Å². The fourth-order valence-electron chi connectivity index (χ4n) is 5.64. The van der Waals surface area contributed by atoms with Gasteiger partial charge in [-0.25, -0.2) is 9.97 Å². The third-order valence-electron chi connectivity index (χ3n) is 8.18. The van der Waals surface area contributed by atoms with Gasteiger partial charge in [-0.1, -0.05) is 28.7 Å². The van der Waals surface area contributed by atoms with Gasteiger partial charge in [0.25, 0.3) is 11.8 Å². The smallest absolute Gasteiger partial charge is 0.277 e. The van der Waals surface area contributed by atoms with Gasteiger partial charge < -0.3 is 29.8 Å². The number of carbonyl (C=O) groups excluding carboxylic acids is 3. The molecular formula is C31H36IN7O4. The third-order valence-corrected chi connectivity index (χ3v) is 9.00.